The van der Waals surface area contributed by atoms with Gasteiger partial charge in [-0.1, -0.05) is 58.9 Å². The fourth-order valence-corrected chi connectivity index (χ4v) is 3.65. The van der Waals surface area contributed by atoms with Gasteiger partial charge in [0.1, 0.15) is 0 Å². The maximum atomic E-state index is 3.60. The van der Waals surface area contributed by atoms with Gasteiger partial charge in [0, 0.05) is 0 Å². The Bertz CT molecular complexity index is 528. The average molecular weight is 370 g/mol. The van der Waals surface area contributed by atoms with Gasteiger partial charge in [0.2, 0.25) is 0 Å². The smallest absolute Gasteiger partial charge is 0.0271 e. The van der Waals surface area contributed by atoms with Crippen molar-refractivity contribution in [3.8, 4) is 0 Å². The van der Waals surface area contributed by atoms with Crippen LogP contribution in [0.3, 0.4) is 0 Å². The normalized spacial score (nSPS) is 14.4. The van der Waals surface area contributed by atoms with E-state index in [1.54, 1.807) is 0 Å². The molecule has 0 spiro atoms. The molecule has 0 N–H and O–H groups in total. The predicted octanol–water partition coefficient (Wildman–Crippen LogP) is 6.77. The molecule has 0 nitrogen and oxygen atoms in total. The first-order chi connectivity index (χ1) is 10.7. The lowest BCUT2D eigenvalue weighted by atomic mass is 10.1. The van der Waals surface area contributed by atoms with Crippen LogP contribution in [0, 0.1) is 17.1 Å². The van der Waals surface area contributed by atoms with E-state index in [0.29, 0.717) is 0 Å². The maximum absolute atomic E-state index is 3.60. The van der Waals surface area contributed by atoms with E-state index < -0.39 is 24.2 Å². The Morgan fingerprint density at radius 1 is 0.500 bits per heavy atom. The molecular weight excluding hydrogens is 336 g/mol. The Morgan fingerprint density at radius 3 is 0.875 bits per heavy atom. The molecule has 0 heterocycles. The van der Waals surface area contributed by atoms with Crippen molar-refractivity contribution in [2.75, 3.05) is 0 Å². The first-order valence-corrected chi connectivity index (χ1v) is 19.2. The van der Waals surface area contributed by atoms with Crippen LogP contribution in [0.25, 0.3) is 18.2 Å². The minimum Gasteiger partial charge on any atom is -0.279 e. The van der Waals surface area contributed by atoms with Gasteiger partial charge in [-0.15, -0.1) is 0 Å². The third kappa shape index (κ3) is 10.1. The Labute approximate surface area is 153 Å². The van der Waals surface area contributed by atoms with E-state index in [9.17, 15) is 0 Å². The molecule has 0 aromatic heterocycles. The molecule has 0 fully saturated rings. The largest absolute Gasteiger partial charge is 0.279 e. The highest BCUT2D eigenvalue weighted by atomic mass is 28.3. The summed E-state index contributed by atoms with van der Waals surface area (Å²) in [5, 5.41) is 0. The molecule has 0 amide bonds. The molecule has 24 heavy (non-hydrogen) atoms. The molecule has 0 atom stereocenters. The molecule has 0 radical (unpaired) electrons. The van der Waals surface area contributed by atoms with Gasteiger partial charge in [-0.05, 0) is 24.2 Å². The van der Waals surface area contributed by atoms with E-state index in [1.807, 2.05) is 0 Å². The van der Waals surface area contributed by atoms with E-state index in [1.165, 1.54) is 16.7 Å². The summed E-state index contributed by atoms with van der Waals surface area (Å²) in [6.07, 6.45) is 6.51. The average Bonchev–Trinajstić information content (AvgIpc) is 2.38. The van der Waals surface area contributed by atoms with Crippen LogP contribution in [0.4, 0.5) is 0 Å². The van der Waals surface area contributed by atoms with E-state index >= 15 is 0 Å². The number of rotatable bonds is 6. The Hall–Kier alpha value is -0.909. The highest BCUT2D eigenvalue weighted by Gasteiger charge is 1.99. The van der Waals surface area contributed by atoms with Gasteiger partial charge in [-0.3, -0.25) is 17.1 Å². The van der Waals surface area contributed by atoms with Crippen molar-refractivity contribution in [3.05, 3.63) is 52.0 Å². The summed E-state index contributed by atoms with van der Waals surface area (Å²) in [7, 11) is -3.95. The van der Waals surface area contributed by atoms with Crippen molar-refractivity contribution in [2.24, 2.45) is 0 Å². The Morgan fingerprint density at radius 2 is 0.708 bits per heavy atom. The van der Waals surface area contributed by atoms with E-state index in [4.69, 9.17) is 0 Å². The van der Waals surface area contributed by atoms with E-state index in [2.05, 4.69) is 112 Å². The molecule has 0 aliphatic carbocycles. The summed E-state index contributed by atoms with van der Waals surface area (Å²) in [4.78, 5) is 0. The fraction of sp³-hybridized carbons (Fsp3) is 0.429. The first-order valence-electron chi connectivity index (χ1n) is 8.71. The van der Waals surface area contributed by atoms with Gasteiger partial charge >= 0.3 is 0 Å². The molecule has 0 saturated heterocycles. The molecule has 0 aliphatic rings. The van der Waals surface area contributed by atoms with Crippen LogP contribution >= 0.6 is 0 Å². The van der Waals surface area contributed by atoms with Crippen LogP contribution in [-0.4, -0.2) is 24.2 Å². The zero-order valence-corrected chi connectivity index (χ0v) is 20.0. The van der Waals surface area contributed by atoms with Gasteiger partial charge in [-0.2, -0.15) is 0 Å². The van der Waals surface area contributed by atoms with Gasteiger partial charge in [0.15, 0.2) is 0 Å². The molecule has 3 heteroatoms. The lowest BCUT2D eigenvalue weighted by Gasteiger charge is -2.25. The monoisotopic (exact) mass is 369 g/mol. The number of hydrogen-bond acceptors (Lipinski definition) is 0. The Balaban J connectivity index is 3.26. The third-order valence-corrected chi connectivity index (χ3v) is 6.05. The highest BCUT2D eigenvalue weighted by Crippen LogP contribution is 2.18. The lowest BCUT2D eigenvalue weighted by molar-refractivity contribution is 1.57. The summed E-state index contributed by atoms with van der Waals surface area (Å²) in [5.41, 5.74) is 14.5. The summed E-state index contributed by atoms with van der Waals surface area (Å²) < 4.78 is 0. The predicted molar refractivity (Wildman–Crippen MR) is 120 cm³/mol. The second kappa shape index (κ2) is 7.98. The lowest BCUT2D eigenvalue weighted by Crippen LogP contribution is -2.16. The first kappa shape index (κ1) is 21.1. The van der Waals surface area contributed by atoms with Crippen LogP contribution < -0.4 is 0 Å². The van der Waals surface area contributed by atoms with Gasteiger partial charge < -0.3 is 0 Å². The zero-order valence-electron chi connectivity index (χ0n) is 17.0. The number of hydrogen-bond donors (Lipinski definition) is 0. The summed E-state index contributed by atoms with van der Waals surface area (Å²) in [6, 6.07) is 6.73. The SMILES string of the molecule is C[Si](C)(C)[C-]=Cc1cc(C=[C-][Si](C)(C)C)cc(C=[C-][Si](C)(C)C)c1. The molecule has 0 aliphatic heterocycles. The molecule has 0 saturated carbocycles. The Kier molecular flexibility index (Phi) is 7.03. The molecule has 0 bridgehead atoms. The zero-order chi connectivity index (χ0) is 18.6. The van der Waals surface area contributed by atoms with Crippen LogP contribution in [0.15, 0.2) is 18.2 Å². The van der Waals surface area contributed by atoms with Crippen molar-refractivity contribution in [1.82, 2.24) is 0 Å². The quantitative estimate of drug-likeness (QED) is 0.383. The summed E-state index contributed by atoms with van der Waals surface area (Å²) >= 11 is 0. The maximum Gasteiger partial charge on any atom is -0.0271 e. The van der Waals surface area contributed by atoms with Crippen LogP contribution in [0.2, 0.25) is 58.9 Å². The van der Waals surface area contributed by atoms with Crippen LogP contribution in [0.5, 0.6) is 0 Å². The standard InChI is InChI=1S/C21H33Si3/c1-22(2,3)13-10-19-16-20(11-14-23(4,5)6)18-21(17-19)12-15-24(7,8)9/h10-12,16-18H,1-9H3/q-3. The second-order valence-electron chi connectivity index (χ2n) is 9.55. The second-order valence-corrected chi connectivity index (χ2v) is 23.9. The van der Waals surface area contributed by atoms with Crippen LogP contribution in [0.1, 0.15) is 16.7 Å². The summed E-state index contributed by atoms with van der Waals surface area (Å²) in [6.45, 7) is 20.8. The van der Waals surface area contributed by atoms with Crippen molar-refractivity contribution >= 4 is 42.4 Å². The van der Waals surface area contributed by atoms with E-state index in [-0.39, 0.29) is 0 Å². The topological polar surface area (TPSA) is 0 Å². The minimum absolute atomic E-state index is 1.23. The molecular formula is C21H33Si3-3. The fourth-order valence-electron chi connectivity index (χ4n) is 1.85. The third-order valence-electron chi connectivity index (χ3n) is 3.02. The van der Waals surface area contributed by atoms with Crippen molar-refractivity contribution in [1.29, 1.82) is 0 Å². The van der Waals surface area contributed by atoms with Gasteiger partial charge in [-0.25, -0.2) is 53.1 Å². The molecule has 1 rings (SSSR count). The van der Waals surface area contributed by atoms with Crippen molar-refractivity contribution in [2.45, 2.75) is 58.9 Å². The van der Waals surface area contributed by atoms with Gasteiger partial charge in [0.25, 0.3) is 0 Å². The molecule has 1 aromatic rings. The minimum atomic E-state index is -1.32. The molecule has 0 unspecified atom stereocenters. The molecule has 132 valence electrons. The highest BCUT2D eigenvalue weighted by molar-refractivity contribution is 6.80. The van der Waals surface area contributed by atoms with Gasteiger partial charge in [0.05, 0.1) is 0 Å². The summed E-state index contributed by atoms with van der Waals surface area (Å²) in [5.74, 6) is 0. The van der Waals surface area contributed by atoms with E-state index in [0.717, 1.165) is 0 Å². The number of benzene rings is 1. The molecule has 1 aromatic carbocycles. The van der Waals surface area contributed by atoms with Crippen molar-refractivity contribution < 1.29 is 0 Å². The van der Waals surface area contributed by atoms with Crippen molar-refractivity contribution in [3.63, 3.8) is 0 Å². The van der Waals surface area contributed by atoms with Crippen LogP contribution in [-0.2, 0) is 0 Å².